The van der Waals surface area contributed by atoms with Gasteiger partial charge in [0.2, 0.25) is 0 Å². The number of hydrogen-bond acceptors (Lipinski definition) is 2. The Morgan fingerprint density at radius 1 is 0.714 bits per heavy atom. The van der Waals surface area contributed by atoms with E-state index < -0.39 is 0 Å². The summed E-state index contributed by atoms with van der Waals surface area (Å²) in [7, 11) is 0. The molecule has 4 aliphatic rings. The molecule has 0 aromatic rings. The molecule has 0 radical (unpaired) electrons. The van der Waals surface area contributed by atoms with E-state index in [0.717, 1.165) is 48.7 Å². The maximum atomic E-state index is 5.72. The molecule has 160 valence electrons. The average molecular weight is 389 g/mol. The third-order valence-corrected chi connectivity index (χ3v) is 8.44. The molecule has 3 aliphatic carbocycles. The minimum absolute atomic E-state index is 0.138. The monoisotopic (exact) mass is 388 g/mol. The van der Waals surface area contributed by atoms with Crippen LogP contribution in [0.2, 0.25) is 0 Å². The van der Waals surface area contributed by atoms with Crippen LogP contribution in [0.1, 0.15) is 96.8 Å². The average Bonchev–Trinajstić information content (AvgIpc) is 3.57. The largest absolute Gasteiger partial charge is 0.350 e. The van der Waals surface area contributed by atoms with E-state index in [1.165, 1.54) is 89.9 Å². The molecule has 28 heavy (non-hydrogen) atoms. The molecule has 0 spiro atoms. The molecule has 1 saturated heterocycles. The van der Waals surface area contributed by atoms with Gasteiger partial charge in [-0.1, -0.05) is 44.8 Å². The molecule has 0 aromatic carbocycles. The van der Waals surface area contributed by atoms with Crippen LogP contribution in [0.25, 0.3) is 0 Å². The Kier molecular flexibility index (Phi) is 7.93. The predicted molar refractivity (Wildman–Crippen MR) is 116 cm³/mol. The van der Waals surface area contributed by atoms with Gasteiger partial charge in [-0.2, -0.15) is 0 Å². The fourth-order valence-electron chi connectivity index (χ4n) is 6.41. The Labute approximate surface area is 173 Å². The summed E-state index contributed by atoms with van der Waals surface area (Å²) in [6, 6.07) is 0. The van der Waals surface area contributed by atoms with Gasteiger partial charge in [-0.3, -0.25) is 0 Å². The highest BCUT2D eigenvalue weighted by atomic mass is 16.8. The Bertz CT molecular complexity index is 459. The van der Waals surface area contributed by atoms with Crippen LogP contribution in [-0.2, 0) is 9.47 Å². The highest BCUT2D eigenvalue weighted by Crippen LogP contribution is 2.42. The molecular formula is C26H44O2. The van der Waals surface area contributed by atoms with Gasteiger partial charge in [0.05, 0.1) is 6.61 Å². The van der Waals surface area contributed by atoms with Crippen molar-refractivity contribution in [3.05, 3.63) is 12.2 Å². The van der Waals surface area contributed by atoms with Crippen molar-refractivity contribution in [1.29, 1.82) is 0 Å². The summed E-state index contributed by atoms with van der Waals surface area (Å²) in [6.45, 7) is 4.09. The van der Waals surface area contributed by atoms with Crippen molar-refractivity contribution in [2.75, 3.05) is 13.2 Å². The topological polar surface area (TPSA) is 21.8 Å². The molecule has 1 heterocycles. The summed E-state index contributed by atoms with van der Waals surface area (Å²) in [4.78, 5) is 0. The van der Waals surface area contributed by atoms with Crippen molar-refractivity contribution in [2.24, 2.45) is 35.5 Å². The second-order valence-electron chi connectivity index (χ2n) is 10.5. The summed E-state index contributed by atoms with van der Waals surface area (Å²) in [5, 5.41) is 0. The summed E-state index contributed by atoms with van der Waals surface area (Å²) in [5.74, 6) is 5.66. The molecule has 1 unspecified atom stereocenters. The molecule has 4 fully saturated rings. The highest BCUT2D eigenvalue weighted by molar-refractivity contribution is 4.97. The van der Waals surface area contributed by atoms with Gasteiger partial charge in [-0.05, 0) is 99.7 Å². The van der Waals surface area contributed by atoms with E-state index in [-0.39, 0.29) is 6.29 Å². The first-order valence-corrected chi connectivity index (χ1v) is 12.7. The standard InChI is InChI=1S/C26H44O2/c1-2-3-20-10-14-24(15-11-20)25-16-12-22(13-17-25)5-4-21-6-8-23(9-7-21)18-27-26-19-28-26/h4-5,20-26H,2-3,6-19H2,1H3. The highest BCUT2D eigenvalue weighted by Gasteiger charge is 2.30. The number of epoxide rings is 1. The molecule has 4 rings (SSSR count). The van der Waals surface area contributed by atoms with Crippen molar-refractivity contribution < 1.29 is 9.47 Å². The number of ether oxygens (including phenoxy) is 2. The van der Waals surface area contributed by atoms with Gasteiger partial charge < -0.3 is 9.47 Å². The van der Waals surface area contributed by atoms with Crippen molar-refractivity contribution >= 4 is 0 Å². The first-order valence-electron chi connectivity index (χ1n) is 12.7. The van der Waals surface area contributed by atoms with Crippen molar-refractivity contribution in [1.82, 2.24) is 0 Å². The zero-order chi connectivity index (χ0) is 19.2. The van der Waals surface area contributed by atoms with Gasteiger partial charge >= 0.3 is 0 Å². The van der Waals surface area contributed by atoms with E-state index in [1.54, 1.807) is 0 Å². The molecule has 1 atom stereocenters. The van der Waals surface area contributed by atoms with Gasteiger partial charge in [-0.15, -0.1) is 0 Å². The first kappa shape index (κ1) is 20.9. The lowest BCUT2D eigenvalue weighted by Gasteiger charge is -2.37. The Hall–Kier alpha value is -0.340. The second kappa shape index (κ2) is 10.6. The third-order valence-electron chi connectivity index (χ3n) is 8.44. The van der Waals surface area contributed by atoms with Crippen LogP contribution in [0.15, 0.2) is 12.2 Å². The zero-order valence-corrected chi connectivity index (χ0v) is 18.3. The summed E-state index contributed by atoms with van der Waals surface area (Å²) in [5.41, 5.74) is 0. The molecule has 2 heteroatoms. The molecule has 0 bridgehead atoms. The van der Waals surface area contributed by atoms with Crippen LogP contribution < -0.4 is 0 Å². The lowest BCUT2D eigenvalue weighted by molar-refractivity contribution is 0.0180. The number of rotatable bonds is 8. The minimum Gasteiger partial charge on any atom is -0.350 e. The minimum atomic E-state index is 0.138. The van der Waals surface area contributed by atoms with Gasteiger partial charge in [0.1, 0.15) is 6.61 Å². The molecule has 0 amide bonds. The van der Waals surface area contributed by atoms with Crippen LogP contribution in [0.3, 0.4) is 0 Å². The van der Waals surface area contributed by atoms with Crippen molar-refractivity contribution in [3.63, 3.8) is 0 Å². The van der Waals surface area contributed by atoms with Gasteiger partial charge in [0.25, 0.3) is 0 Å². The summed E-state index contributed by atoms with van der Waals surface area (Å²) < 4.78 is 10.9. The quantitative estimate of drug-likeness (QED) is 0.326. The number of allylic oxidation sites excluding steroid dienone is 2. The predicted octanol–water partition coefficient (Wildman–Crippen LogP) is 7.13. The Balaban J connectivity index is 1.10. The van der Waals surface area contributed by atoms with Crippen LogP contribution in [0.5, 0.6) is 0 Å². The maximum absolute atomic E-state index is 5.72. The summed E-state index contributed by atoms with van der Waals surface area (Å²) in [6.07, 6.45) is 25.7. The first-order chi connectivity index (χ1) is 13.8. The van der Waals surface area contributed by atoms with E-state index >= 15 is 0 Å². The van der Waals surface area contributed by atoms with Crippen LogP contribution >= 0.6 is 0 Å². The van der Waals surface area contributed by atoms with Gasteiger partial charge in [0, 0.05) is 0 Å². The molecule has 0 aromatic heterocycles. The van der Waals surface area contributed by atoms with Crippen molar-refractivity contribution in [3.8, 4) is 0 Å². The molecular weight excluding hydrogens is 344 g/mol. The zero-order valence-electron chi connectivity index (χ0n) is 18.3. The molecule has 2 nitrogen and oxygen atoms in total. The van der Waals surface area contributed by atoms with E-state index in [1.807, 2.05) is 0 Å². The van der Waals surface area contributed by atoms with Crippen molar-refractivity contribution in [2.45, 2.75) is 103 Å². The van der Waals surface area contributed by atoms with Crippen LogP contribution in [0, 0.1) is 35.5 Å². The van der Waals surface area contributed by atoms with E-state index in [0.29, 0.717) is 0 Å². The molecule has 3 saturated carbocycles. The molecule has 1 aliphatic heterocycles. The summed E-state index contributed by atoms with van der Waals surface area (Å²) >= 11 is 0. The lowest BCUT2D eigenvalue weighted by Crippen LogP contribution is -2.25. The number of hydrogen-bond donors (Lipinski definition) is 0. The Morgan fingerprint density at radius 3 is 1.75 bits per heavy atom. The van der Waals surface area contributed by atoms with Gasteiger partial charge in [-0.25, -0.2) is 0 Å². The van der Waals surface area contributed by atoms with Gasteiger partial charge in [0.15, 0.2) is 6.29 Å². The third kappa shape index (κ3) is 6.33. The fourth-order valence-corrected chi connectivity index (χ4v) is 6.41. The lowest BCUT2D eigenvalue weighted by atomic mass is 9.68. The maximum Gasteiger partial charge on any atom is 0.181 e. The SMILES string of the molecule is CCCC1CCC(C2CCC(C=CC3CCC(COC4CO4)CC3)CC2)CC1. The fraction of sp³-hybridized carbons (Fsp3) is 0.923. The normalized spacial score (nSPS) is 42.0. The van der Waals surface area contributed by atoms with E-state index in [4.69, 9.17) is 9.47 Å². The van der Waals surface area contributed by atoms with Crippen LogP contribution in [-0.4, -0.2) is 19.5 Å². The van der Waals surface area contributed by atoms with Crippen LogP contribution in [0.4, 0.5) is 0 Å². The van der Waals surface area contributed by atoms with E-state index in [2.05, 4.69) is 19.1 Å². The molecule has 0 N–H and O–H groups in total. The smallest absolute Gasteiger partial charge is 0.181 e. The van der Waals surface area contributed by atoms with E-state index in [9.17, 15) is 0 Å². The second-order valence-corrected chi connectivity index (χ2v) is 10.5. The Morgan fingerprint density at radius 2 is 1.21 bits per heavy atom.